The lowest BCUT2D eigenvalue weighted by molar-refractivity contribution is -0.124. The molecular formula is C24H24N2O4. The first-order valence-electron chi connectivity index (χ1n) is 10.1. The molecule has 0 bridgehead atoms. The number of hydrogen-bond donors (Lipinski definition) is 1. The van der Waals surface area contributed by atoms with Crippen LogP contribution in [0.5, 0.6) is 0 Å². The summed E-state index contributed by atoms with van der Waals surface area (Å²) >= 11 is 0. The number of nitrogens with one attached hydrogen (secondary N) is 1. The van der Waals surface area contributed by atoms with Crippen molar-refractivity contribution in [3.8, 4) is 11.3 Å². The Morgan fingerprint density at radius 3 is 2.67 bits per heavy atom. The normalized spacial score (nSPS) is 15.8. The van der Waals surface area contributed by atoms with Gasteiger partial charge in [-0.1, -0.05) is 48.5 Å². The van der Waals surface area contributed by atoms with Gasteiger partial charge in [-0.3, -0.25) is 4.79 Å². The highest BCUT2D eigenvalue weighted by Crippen LogP contribution is 2.30. The lowest BCUT2D eigenvalue weighted by Crippen LogP contribution is -2.34. The molecule has 0 radical (unpaired) electrons. The van der Waals surface area contributed by atoms with Crippen LogP contribution in [-0.2, 0) is 14.3 Å². The lowest BCUT2D eigenvalue weighted by Gasteiger charge is -2.15. The van der Waals surface area contributed by atoms with E-state index in [4.69, 9.17) is 14.5 Å². The number of hydrogen-bond acceptors (Lipinski definition) is 5. The highest BCUT2D eigenvalue weighted by molar-refractivity contribution is 6.06. The fourth-order valence-electron chi connectivity index (χ4n) is 3.73. The highest BCUT2D eigenvalue weighted by atomic mass is 16.5. The second-order valence-electron chi connectivity index (χ2n) is 7.36. The number of ether oxygens (including phenoxy) is 2. The van der Waals surface area contributed by atoms with Crippen LogP contribution in [-0.4, -0.2) is 42.7 Å². The Morgan fingerprint density at radius 1 is 1.13 bits per heavy atom. The Bertz CT molecular complexity index is 1060. The summed E-state index contributed by atoms with van der Waals surface area (Å²) in [5.74, 6) is -0.867. The zero-order valence-corrected chi connectivity index (χ0v) is 16.9. The van der Waals surface area contributed by atoms with Gasteiger partial charge in [0, 0.05) is 24.1 Å². The summed E-state index contributed by atoms with van der Waals surface area (Å²) in [5, 5.41) is 3.47. The Labute approximate surface area is 175 Å². The Morgan fingerprint density at radius 2 is 1.90 bits per heavy atom. The van der Waals surface area contributed by atoms with Crippen molar-refractivity contribution in [2.45, 2.75) is 25.9 Å². The van der Waals surface area contributed by atoms with E-state index in [0.717, 1.165) is 36.3 Å². The van der Waals surface area contributed by atoms with Crippen molar-refractivity contribution in [3.05, 3.63) is 65.7 Å². The molecule has 2 aromatic carbocycles. The fraction of sp³-hybridized carbons (Fsp3) is 0.292. The third kappa shape index (κ3) is 4.33. The molecule has 0 aliphatic carbocycles. The molecule has 1 atom stereocenters. The lowest BCUT2D eigenvalue weighted by atomic mass is 9.98. The van der Waals surface area contributed by atoms with Gasteiger partial charge in [-0.05, 0) is 31.4 Å². The molecule has 0 saturated carbocycles. The van der Waals surface area contributed by atoms with E-state index in [-0.39, 0.29) is 18.6 Å². The monoisotopic (exact) mass is 404 g/mol. The number of amides is 1. The first kappa shape index (κ1) is 20.0. The molecule has 2 heterocycles. The molecular weight excluding hydrogens is 380 g/mol. The molecule has 6 nitrogen and oxygen atoms in total. The predicted molar refractivity (Wildman–Crippen MR) is 114 cm³/mol. The van der Waals surface area contributed by atoms with Crippen molar-refractivity contribution in [2.24, 2.45) is 0 Å². The van der Waals surface area contributed by atoms with Gasteiger partial charge in [-0.2, -0.15) is 0 Å². The van der Waals surface area contributed by atoms with Crippen molar-refractivity contribution in [3.63, 3.8) is 0 Å². The van der Waals surface area contributed by atoms with Gasteiger partial charge in [0.15, 0.2) is 6.61 Å². The molecule has 1 aliphatic rings. The molecule has 1 saturated heterocycles. The summed E-state index contributed by atoms with van der Waals surface area (Å²) < 4.78 is 10.9. The van der Waals surface area contributed by atoms with Crippen LogP contribution in [0.4, 0.5) is 0 Å². The van der Waals surface area contributed by atoms with Gasteiger partial charge < -0.3 is 14.8 Å². The Balaban J connectivity index is 1.55. The number of benzene rings is 2. The number of rotatable bonds is 6. The van der Waals surface area contributed by atoms with Gasteiger partial charge in [-0.15, -0.1) is 0 Å². The highest BCUT2D eigenvalue weighted by Gasteiger charge is 2.21. The zero-order chi connectivity index (χ0) is 20.9. The summed E-state index contributed by atoms with van der Waals surface area (Å²) in [4.78, 5) is 29.8. The minimum Gasteiger partial charge on any atom is -0.452 e. The van der Waals surface area contributed by atoms with Gasteiger partial charge in [-0.25, -0.2) is 9.78 Å². The molecule has 1 aliphatic heterocycles. The summed E-state index contributed by atoms with van der Waals surface area (Å²) in [7, 11) is 0. The van der Waals surface area contributed by atoms with Crippen LogP contribution in [0.15, 0.2) is 54.6 Å². The first-order chi connectivity index (χ1) is 14.6. The van der Waals surface area contributed by atoms with E-state index >= 15 is 0 Å². The third-order valence-corrected chi connectivity index (χ3v) is 5.27. The topological polar surface area (TPSA) is 77.5 Å². The van der Waals surface area contributed by atoms with Gasteiger partial charge in [0.05, 0.1) is 22.9 Å². The van der Waals surface area contributed by atoms with Crippen LogP contribution in [0.1, 0.15) is 28.8 Å². The van der Waals surface area contributed by atoms with Crippen LogP contribution >= 0.6 is 0 Å². The number of nitrogens with zero attached hydrogens (tertiary/aromatic N) is 1. The molecule has 1 N–H and O–H groups in total. The van der Waals surface area contributed by atoms with Gasteiger partial charge in [0.25, 0.3) is 5.91 Å². The number of para-hydroxylation sites is 1. The quantitative estimate of drug-likeness (QED) is 0.635. The molecule has 30 heavy (non-hydrogen) atoms. The molecule has 154 valence electrons. The minimum absolute atomic E-state index is 0.0458. The molecule has 0 unspecified atom stereocenters. The van der Waals surface area contributed by atoms with Crippen LogP contribution in [0, 0.1) is 6.92 Å². The number of esters is 1. The number of carbonyl (C=O) groups is 2. The second-order valence-corrected chi connectivity index (χ2v) is 7.36. The van der Waals surface area contributed by atoms with Crippen molar-refractivity contribution in [2.75, 3.05) is 19.8 Å². The van der Waals surface area contributed by atoms with E-state index in [1.165, 1.54) is 0 Å². The maximum absolute atomic E-state index is 13.0. The van der Waals surface area contributed by atoms with E-state index in [2.05, 4.69) is 5.32 Å². The van der Waals surface area contributed by atoms with Crippen LogP contribution in [0.25, 0.3) is 22.2 Å². The average Bonchev–Trinajstić information content (AvgIpc) is 3.30. The molecule has 0 spiro atoms. The van der Waals surface area contributed by atoms with E-state index in [9.17, 15) is 9.59 Å². The largest absolute Gasteiger partial charge is 0.452 e. The van der Waals surface area contributed by atoms with Gasteiger partial charge in [0.1, 0.15) is 0 Å². The predicted octanol–water partition coefficient (Wildman–Crippen LogP) is 3.66. The molecule has 3 aromatic rings. The maximum atomic E-state index is 13.0. The molecule has 4 rings (SSSR count). The standard InChI is InChI=1S/C24H24N2O4/c1-16-22(24(28)30-15-21(27)25-14-18-10-7-13-29-18)19-11-5-6-12-20(19)26-23(16)17-8-3-2-4-9-17/h2-6,8-9,11-12,18H,7,10,13-15H2,1H3,(H,25,27)/t18-/m0/s1. The zero-order valence-electron chi connectivity index (χ0n) is 16.9. The van der Waals surface area contributed by atoms with E-state index in [1.54, 1.807) is 0 Å². The van der Waals surface area contributed by atoms with Gasteiger partial charge >= 0.3 is 5.97 Å². The Kier molecular flexibility index (Phi) is 6.05. The van der Waals surface area contributed by atoms with Crippen molar-refractivity contribution in [1.29, 1.82) is 0 Å². The van der Waals surface area contributed by atoms with Gasteiger partial charge in [0.2, 0.25) is 0 Å². The van der Waals surface area contributed by atoms with Crippen LogP contribution in [0.2, 0.25) is 0 Å². The van der Waals surface area contributed by atoms with E-state index < -0.39 is 5.97 Å². The number of carbonyl (C=O) groups excluding carboxylic acids is 2. The third-order valence-electron chi connectivity index (χ3n) is 5.27. The summed E-state index contributed by atoms with van der Waals surface area (Å²) in [6.45, 7) is 2.69. The molecule has 1 amide bonds. The van der Waals surface area contributed by atoms with E-state index in [0.29, 0.717) is 23.0 Å². The molecule has 6 heteroatoms. The fourth-order valence-corrected chi connectivity index (χ4v) is 3.73. The number of pyridine rings is 1. The average molecular weight is 404 g/mol. The van der Waals surface area contributed by atoms with Crippen molar-refractivity contribution < 1.29 is 19.1 Å². The first-order valence-corrected chi connectivity index (χ1v) is 10.1. The summed E-state index contributed by atoms with van der Waals surface area (Å²) in [6.07, 6.45) is 1.99. The SMILES string of the molecule is Cc1c(-c2ccccc2)nc2ccccc2c1C(=O)OCC(=O)NC[C@@H]1CCCO1. The summed E-state index contributed by atoms with van der Waals surface area (Å²) in [6, 6.07) is 17.2. The van der Waals surface area contributed by atoms with Crippen molar-refractivity contribution in [1.82, 2.24) is 10.3 Å². The molecule has 1 fully saturated rings. The second kappa shape index (κ2) is 9.05. The number of aromatic nitrogens is 1. The Hall–Kier alpha value is -3.25. The molecule has 1 aromatic heterocycles. The maximum Gasteiger partial charge on any atom is 0.339 e. The smallest absolute Gasteiger partial charge is 0.339 e. The van der Waals surface area contributed by atoms with Crippen LogP contribution in [0.3, 0.4) is 0 Å². The van der Waals surface area contributed by atoms with Crippen LogP contribution < -0.4 is 5.32 Å². The van der Waals surface area contributed by atoms with Crippen molar-refractivity contribution >= 4 is 22.8 Å². The minimum atomic E-state index is -0.532. The number of fused-ring (bicyclic) bond motifs is 1. The summed E-state index contributed by atoms with van der Waals surface area (Å²) in [5.41, 5.74) is 3.51. The van der Waals surface area contributed by atoms with E-state index in [1.807, 2.05) is 61.5 Å².